The van der Waals surface area contributed by atoms with Crippen molar-refractivity contribution < 1.29 is 14.2 Å². The summed E-state index contributed by atoms with van der Waals surface area (Å²) < 4.78 is 19.1. The molecule has 3 heterocycles. The van der Waals surface area contributed by atoms with E-state index in [2.05, 4.69) is 59.1 Å². The molecule has 1 saturated heterocycles. The molecule has 6 heteroatoms. The molecule has 0 saturated carbocycles. The van der Waals surface area contributed by atoms with Crippen LogP contribution in [0.3, 0.4) is 0 Å². The number of nitrogens with zero attached hydrogens (tertiary/aromatic N) is 2. The summed E-state index contributed by atoms with van der Waals surface area (Å²) in [6.45, 7) is 4.93. The van der Waals surface area contributed by atoms with Gasteiger partial charge in [-0.2, -0.15) is 5.10 Å². The van der Waals surface area contributed by atoms with Gasteiger partial charge in [-0.3, -0.25) is 0 Å². The van der Waals surface area contributed by atoms with Gasteiger partial charge in [-0.25, -0.2) is 5.01 Å². The topological polar surface area (TPSA) is 43.3 Å². The molecule has 2 aromatic rings. The molecule has 0 aliphatic carbocycles. The minimum absolute atomic E-state index is 0.155. The summed E-state index contributed by atoms with van der Waals surface area (Å²) >= 11 is 3.62. The van der Waals surface area contributed by atoms with Crippen LogP contribution in [0.2, 0.25) is 0 Å². The maximum atomic E-state index is 6.68. The quantitative estimate of drug-likeness (QED) is 0.615. The molecule has 2 atom stereocenters. The van der Waals surface area contributed by atoms with Gasteiger partial charge in [0, 0.05) is 29.3 Å². The Bertz CT molecular complexity index is 973. The number of hydrogen-bond donors (Lipinski definition) is 0. The zero-order chi connectivity index (χ0) is 20.2. The molecule has 5 nitrogen and oxygen atoms in total. The Morgan fingerprint density at radius 2 is 1.97 bits per heavy atom. The van der Waals surface area contributed by atoms with Crippen molar-refractivity contribution in [2.45, 2.75) is 50.5 Å². The number of halogens is 1. The van der Waals surface area contributed by atoms with Gasteiger partial charge in [0.05, 0.1) is 31.1 Å². The Kier molecular flexibility index (Phi) is 4.40. The molecule has 0 unspecified atom stereocenters. The van der Waals surface area contributed by atoms with Crippen molar-refractivity contribution in [3.63, 3.8) is 0 Å². The summed E-state index contributed by atoms with van der Waals surface area (Å²) in [5.74, 6) is 1.81. The first-order valence-corrected chi connectivity index (χ1v) is 10.8. The van der Waals surface area contributed by atoms with Gasteiger partial charge in [0.15, 0.2) is 0 Å². The first kappa shape index (κ1) is 18.9. The highest BCUT2D eigenvalue weighted by atomic mass is 79.9. The molecule has 0 amide bonds. The highest BCUT2D eigenvalue weighted by Crippen LogP contribution is 2.52. The lowest BCUT2D eigenvalue weighted by atomic mass is 9.86. The molecule has 0 radical (unpaired) electrons. The molecule has 152 valence electrons. The third-order valence-corrected chi connectivity index (χ3v) is 6.56. The molecule has 0 N–H and O–H groups in total. The first-order valence-electron chi connectivity index (χ1n) is 10.0. The predicted octanol–water partition coefficient (Wildman–Crippen LogP) is 5.29. The largest absolute Gasteiger partial charge is 0.497 e. The van der Waals surface area contributed by atoms with E-state index in [4.69, 9.17) is 19.3 Å². The van der Waals surface area contributed by atoms with Crippen LogP contribution in [0, 0.1) is 0 Å². The van der Waals surface area contributed by atoms with Gasteiger partial charge in [-0.05, 0) is 61.9 Å². The Morgan fingerprint density at radius 1 is 1.17 bits per heavy atom. The predicted molar refractivity (Wildman–Crippen MR) is 115 cm³/mol. The van der Waals surface area contributed by atoms with Crippen molar-refractivity contribution >= 4 is 21.6 Å². The van der Waals surface area contributed by atoms with Crippen molar-refractivity contribution in [1.29, 1.82) is 0 Å². The normalized spacial score (nSPS) is 27.1. The number of rotatable bonds is 2. The van der Waals surface area contributed by atoms with Crippen molar-refractivity contribution in [3.8, 4) is 11.5 Å². The molecular weight excluding hydrogens is 432 g/mol. The second-order valence-electron chi connectivity index (χ2n) is 8.61. The minimum Gasteiger partial charge on any atom is -0.497 e. The summed E-state index contributed by atoms with van der Waals surface area (Å²) in [7, 11) is 1.69. The number of hydrogen-bond acceptors (Lipinski definition) is 5. The van der Waals surface area contributed by atoms with Crippen LogP contribution in [0.5, 0.6) is 11.5 Å². The standard InChI is InChI=1S/C23H25BrN2O3/c1-22(2)14-23(10-11-28-22)26-20(18-12-16(24)6-9-21(18)29-23)13-19(25-26)15-4-7-17(27-3)8-5-15/h4-9,12,20H,10-11,13-14H2,1-3H3/t20-,23+/m1/s1. The van der Waals surface area contributed by atoms with Crippen molar-refractivity contribution in [1.82, 2.24) is 5.01 Å². The van der Waals surface area contributed by atoms with Gasteiger partial charge >= 0.3 is 0 Å². The summed E-state index contributed by atoms with van der Waals surface area (Å²) in [4.78, 5) is 0. The van der Waals surface area contributed by atoms with Crippen molar-refractivity contribution in [2.24, 2.45) is 5.10 Å². The Hall–Kier alpha value is -2.05. The smallest absolute Gasteiger partial charge is 0.203 e. The maximum absolute atomic E-state index is 6.68. The zero-order valence-corrected chi connectivity index (χ0v) is 18.5. The van der Waals surface area contributed by atoms with Crippen LogP contribution < -0.4 is 9.47 Å². The van der Waals surface area contributed by atoms with Crippen LogP contribution in [-0.2, 0) is 4.74 Å². The molecule has 3 aliphatic rings. The van der Waals surface area contributed by atoms with Crippen LogP contribution >= 0.6 is 15.9 Å². The van der Waals surface area contributed by atoms with E-state index in [0.29, 0.717) is 6.61 Å². The molecule has 3 aliphatic heterocycles. The summed E-state index contributed by atoms with van der Waals surface area (Å²) in [6.07, 6.45) is 2.41. The van der Waals surface area contributed by atoms with E-state index >= 15 is 0 Å². The van der Waals surface area contributed by atoms with Gasteiger partial charge < -0.3 is 14.2 Å². The molecule has 2 aromatic carbocycles. The van der Waals surface area contributed by atoms with Gasteiger partial charge in [0.25, 0.3) is 0 Å². The van der Waals surface area contributed by atoms with Crippen molar-refractivity contribution in [2.75, 3.05) is 13.7 Å². The van der Waals surface area contributed by atoms with Crippen LogP contribution in [-0.4, -0.2) is 35.8 Å². The fraction of sp³-hybridized carbons (Fsp3) is 0.435. The third-order valence-electron chi connectivity index (χ3n) is 6.07. The first-order chi connectivity index (χ1) is 13.9. The molecular formula is C23H25BrN2O3. The minimum atomic E-state index is -0.485. The molecule has 1 fully saturated rings. The monoisotopic (exact) mass is 456 g/mol. The van der Waals surface area contributed by atoms with E-state index in [0.717, 1.165) is 46.5 Å². The van der Waals surface area contributed by atoms with Crippen LogP contribution in [0.25, 0.3) is 0 Å². The SMILES string of the molecule is COc1ccc(C2=NN3[C@H](C2)c2cc(Br)ccc2O[C@]32CCOC(C)(C)C2)cc1. The second kappa shape index (κ2) is 6.74. The van der Waals surface area contributed by atoms with Gasteiger partial charge in [-0.15, -0.1) is 0 Å². The number of benzene rings is 2. The number of methoxy groups -OCH3 is 1. The van der Waals surface area contributed by atoms with E-state index < -0.39 is 5.72 Å². The lowest BCUT2D eigenvalue weighted by Gasteiger charge is -2.52. The lowest BCUT2D eigenvalue weighted by Crippen LogP contribution is -2.60. The molecule has 29 heavy (non-hydrogen) atoms. The molecule has 0 bridgehead atoms. The van der Waals surface area contributed by atoms with Gasteiger partial charge in [-0.1, -0.05) is 15.9 Å². The van der Waals surface area contributed by atoms with Crippen LogP contribution in [0.15, 0.2) is 52.0 Å². The van der Waals surface area contributed by atoms with E-state index in [1.807, 2.05) is 18.2 Å². The van der Waals surface area contributed by atoms with Gasteiger partial charge in [0.2, 0.25) is 5.72 Å². The molecule has 0 aromatic heterocycles. The summed E-state index contributed by atoms with van der Waals surface area (Å²) in [6, 6.07) is 14.6. The lowest BCUT2D eigenvalue weighted by molar-refractivity contribution is -0.212. The average molecular weight is 457 g/mol. The maximum Gasteiger partial charge on any atom is 0.203 e. The third kappa shape index (κ3) is 3.22. The fourth-order valence-corrected chi connectivity index (χ4v) is 5.16. The second-order valence-corrected chi connectivity index (χ2v) is 9.52. The van der Waals surface area contributed by atoms with E-state index in [-0.39, 0.29) is 11.6 Å². The van der Waals surface area contributed by atoms with E-state index in [1.54, 1.807) is 7.11 Å². The molecule has 5 rings (SSSR count). The zero-order valence-electron chi connectivity index (χ0n) is 16.9. The molecule has 1 spiro atoms. The highest BCUT2D eigenvalue weighted by molar-refractivity contribution is 9.10. The van der Waals surface area contributed by atoms with E-state index in [1.165, 1.54) is 5.56 Å². The fourth-order valence-electron chi connectivity index (χ4n) is 4.78. The van der Waals surface area contributed by atoms with Crippen LogP contribution in [0.1, 0.15) is 50.3 Å². The van der Waals surface area contributed by atoms with Gasteiger partial charge in [0.1, 0.15) is 11.5 Å². The Labute approximate surface area is 179 Å². The number of hydrazone groups is 1. The Morgan fingerprint density at radius 3 is 2.69 bits per heavy atom. The average Bonchev–Trinajstić information content (AvgIpc) is 3.15. The van der Waals surface area contributed by atoms with Crippen LogP contribution in [0.4, 0.5) is 0 Å². The Balaban J connectivity index is 1.59. The summed E-state index contributed by atoms with van der Waals surface area (Å²) in [5, 5.41) is 7.33. The van der Waals surface area contributed by atoms with E-state index in [9.17, 15) is 0 Å². The number of fused-ring (bicyclic) bond motifs is 4. The highest BCUT2D eigenvalue weighted by Gasteiger charge is 2.54. The van der Waals surface area contributed by atoms with Crippen molar-refractivity contribution in [3.05, 3.63) is 58.1 Å². The number of ether oxygens (including phenoxy) is 3. The summed E-state index contributed by atoms with van der Waals surface area (Å²) in [5.41, 5.74) is 2.65.